The molecule has 4 fully saturated rings. The second kappa shape index (κ2) is 7.06. The van der Waals surface area contributed by atoms with Gasteiger partial charge in [0.2, 0.25) is 0 Å². The van der Waals surface area contributed by atoms with Gasteiger partial charge in [-0.25, -0.2) is 0 Å². The van der Waals surface area contributed by atoms with Gasteiger partial charge < -0.3 is 9.84 Å². The Labute approximate surface area is 181 Å². The summed E-state index contributed by atoms with van der Waals surface area (Å²) < 4.78 is 5.56. The van der Waals surface area contributed by atoms with E-state index in [2.05, 4.69) is 30.9 Å². The summed E-state index contributed by atoms with van der Waals surface area (Å²) >= 11 is 0. The zero-order chi connectivity index (χ0) is 21.1. The van der Waals surface area contributed by atoms with Gasteiger partial charge in [-0.05, 0) is 88.1 Å². The van der Waals surface area contributed by atoms with Crippen LogP contribution in [0, 0.1) is 18.3 Å². The molecule has 1 aliphatic heterocycles. The lowest BCUT2D eigenvalue weighted by Crippen LogP contribution is -2.72. The Kier molecular flexibility index (Phi) is 4.83. The fourth-order valence-corrected chi connectivity index (χ4v) is 7.18. The van der Waals surface area contributed by atoms with Gasteiger partial charge >= 0.3 is 0 Å². The highest BCUT2D eigenvalue weighted by Gasteiger charge is 2.67. The third kappa shape index (κ3) is 2.90. The van der Waals surface area contributed by atoms with Crippen LogP contribution in [0.3, 0.4) is 0 Å². The average Bonchev–Trinajstić information content (AvgIpc) is 3.43. The number of hydrogen-bond acceptors (Lipinski definition) is 4. The number of ketones is 1. The number of piperidine rings is 1. The molecule has 1 heterocycles. The maximum absolute atomic E-state index is 13.7. The van der Waals surface area contributed by atoms with Crippen molar-refractivity contribution < 1.29 is 14.6 Å². The van der Waals surface area contributed by atoms with Gasteiger partial charge in [-0.2, -0.15) is 0 Å². The number of aryl methyl sites for hydroxylation is 1. The van der Waals surface area contributed by atoms with Crippen molar-refractivity contribution >= 4 is 5.78 Å². The highest BCUT2D eigenvalue weighted by atomic mass is 16.5. The van der Waals surface area contributed by atoms with E-state index in [1.165, 1.54) is 12.8 Å². The summed E-state index contributed by atoms with van der Waals surface area (Å²) in [6.07, 6.45) is 8.73. The van der Waals surface area contributed by atoms with E-state index >= 15 is 0 Å². The number of rotatable bonds is 4. The van der Waals surface area contributed by atoms with E-state index in [9.17, 15) is 9.90 Å². The van der Waals surface area contributed by atoms with E-state index in [1.54, 1.807) is 7.11 Å². The first-order valence-electron chi connectivity index (χ1n) is 12.0. The zero-order valence-corrected chi connectivity index (χ0v) is 18.9. The minimum Gasteiger partial charge on any atom is -0.497 e. The van der Waals surface area contributed by atoms with E-state index in [0.29, 0.717) is 18.6 Å². The quantitative estimate of drug-likeness (QED) is 0.798. The first kappa shape index (κ1) is 20.5. The number of likely N-dealkylation sites (tertiary alicyclic amines) is 1. The molecule has 4 nitrogen and oxygen atoms in total. The van der Waals surface area contributed by atoms with Crippen LogP contribution in [0.1, 0.15) is 75.8 Å². The number of carbonyl (C=O) groups is 1. The van der Waals surface area contributed by atoms with Crippen molar-refractivity contribution in [3.05, 3.63) is 29.3 Å². The van der Waals surface area contributed by atoms with Gasteiger partial charge in [-0.3, -0.25) is 9.69 Å². The van der Waals surface area contributed by atoms with Gasteiger partial charge in [0.05, 0.1) is 12.7 Å². The fourth-order valence-electron chi connectivity index (χ4n) is 7.18. The number of carbonyl (C=O) groups excluding carboxylic acids is 1. The van der Waals surface area contributed by atoms with Crippen LogP contribution in [0.25, 0.3) is 0 Å². The van der Waals surface area contributed by atoms with Gasteiger partial charge in [-0.1, -0.05) is 18.9 Å². The maximum atomic E-state index is 13.7. The van der Waals surface area contributed by atoms with Crippen LogP contribution < -0.4 is 4.74 Å². The molecular weight excluding hydrogens is 374 g/mol. The lowest BCUT2D eigenvalue weighted by molar-refractivity contribution is -0.186. The number of nitrogens with zero attached hydrogens (tertiary/aromatic N) is 1. The number of methoxy groups -OCH3 is 1. The smallest absolute Gasteiger partial charge is 0.140 e. The number of fused-ring (bicyclic) bond motifs is 1. The second-order valence-electron chi connectivity index (χ2n) is 10.8. The van der Waals surface area contributed by atoms with Crippen LogP contribution in [0.4, 0.5) is 0 Å². The summed E-state index contributed by atoms with van der Waals surface area (Å²) in [6.45, 7) is 6.40. The Morgan fingerprint density at radius 3 is 2.60 bits per heavy atom. The Hall–Kier alpha value is -1.39. The van der Waals surface area contributed by atoms with Gasteiger partial charge in [-0.15, -0.1) is 0 Å². The fraction of sp³-hybridized carbons (Fsp3) is 0.731. The van der Waals surface area contributed by atoms with Crippen molar-refractivity contribution in [2.75, 3.05) is 20.2 Å². The molecule has 0 aromatic heterocycles. The van der Waals surface area contributed by atoms with E-state index in [-0.39, 0.29) is 11.5 Å². The molecule has 3 saturated carbocycles. The molecule has 30 heavy (non-hydrogen) atoms. The van der Waals surface area contributed by atoms with Crippen LogP contribution in [0.15, 0.2) is 18.2 Å². The van der Waals surface area contributed by atoms with Crippen molar-refractivity contribution in [2.45, 2.75) is 88.7 Å². The summed E-state index contributed by atoms with van der Waals surface area (Å²) in [5, 5.41) is 12.7. The Morgan fingerprint density at radius 2 is 1.93 bits per heavy atom. The molecule has 5 rings (SSSR count). The molecule has 4 heteroatoms. The predicted octanol–water partition coefficient (Wildman–Crippen LogP) is 4.40. The molecule has 3 atom stereocenters. The molecule has 1 saturated heterocycles. The highest BCUT2D eigenvalue weighted by Crippen LogP contribution is 2.61. The standard InChI is InChI=1S/C26H37NO3/c1-18-6-9-21(30-3)14-22(18)25-12-13-27(16-20-7-8-20)19(2)26(25,29)17-24(23(28)15-25)10-4-5-11-24/h6,9,14,19-20,29H,4-5,7-8,10-13,15-17H2,1-3H3. The van der Waals surface area contributed by atoms with E-state index in [0.717, 1.165) is 68.0 Å². The minimum absolute atomic E-state index is 0.0584. The number of aliphatic hydroxyl groups is 1. The normalized spacial score (nSPS) is 36.1. The molecular formula is C26H37NO3. The Bertz CT molecular complexity index is 841. The van der Waals surface area contributed by atoms with Gasteiger partial charge in [0.1, 0.15) is 11.5 Å². The molecule has 1 spiro atoms. The molecule has 1 aromatic carbocycles. The largest absolute Gasteiger partial charge is 0.497 e. The molecule has 1 N–H and O–H groups in total. The lowest BCUT2D eigenvalue weighted by atomic mass is 9.47. The molecule has 0 bridgehead atoms. The number of benzene rings is 1. The third-order valence-electron chi connectivity index (χ3n) is 9.27. The maximum Gasteiger partial charge on any atom is 0.140 e. The van der Waals surface area contributed by atoms with Crippen LogP contribution >= 0.6 is 0 Å². The van der Waals surface area contributed by atoms with Crippen molar-refractivity contribution in [2.24, 2.45) is 11.3 Å². The second-order valence-corrected chi connectivity index (χ2v) is 10.8. The summed E-state index contributed by atoms with van der Waals surface area (Å²) in [5.74, 6) is 2.01. The number of Topliss-reactive ketones (excluding diaryl/α,β-unsaturated/α-hetero) is 1. The van der Waals surface area contributed by atoms with E-state index in [4.69, 9.17) is 4.74 Å². The molecule has 3 aliphatic carbocycles. The van der Waals surface area contributed by atoms with Crippen LogP contribution in [-0.4, -0.2) is 47.6 Å². The first-order valence-corrected chi connectivity index (χ1v) is 12.0. The van der Waals surface area contributed by atoms with Crippen LogP contribution in [-0.2, 0) is 10.2 Å². The topological polar surface area (TPSA) is 49.8 Å². The lowest BCUT2D eigenvalue weighted by Gasteiger charge is -2.63. The summed E-state index contributed by atoms with van der Waals surface area (Å²) in [4.78, 5) is 16.2. The van der Waals surface area contributed by atoms with Crippen molar-refractivity contribution in [3.8, 4) is 5.75 Å². The Balaban J connectivity index is 1.63. The summed E-state index contributed by atoms with van der Waals surface area (Å²) in [5.41, 5.74) is 0.573. The average molecular weight is 412 g/mol. The van der Waals surface area contributed by atoms with Crippen molar-refractivity contribution in [3.63, 3.8) is 0 Å². The summed E-state index contributed by atoms with van der Waals surface area (Å²) in [6, 6.07) is 6.24. The molecule has 3 unspecified atom stereocenters. The van der Waals surface area contributed by atoms with E-state index < -0.39 is 11.0 Å². The van der Waals surface area contributed by atoms with Crippen molar-refractivity contribution in [1.82, 2.24) is 4.90 Å². The monoisotopic (exact) mass is 411 g/mol. The third-order valence-corrected chi connectivity index (χ3v) is 9.27. The van der Waals surface area contributed by atoms with Gasteiger partial charge in [0.25, 0.3) is 0 Å². The Morgan fingerprint density at radius 1 is 1.20 bits per heavy atom. The van der Waals surface area contributed by atoms with Crippen LogP contribution in [0.5, 0.6) is 5.75 Å². The SMILES string of the molecule is COc1ccc(C)c(C23CCN(CC4CC4)C(C)C2(O)CC2(CCCC2)C(=O)C3)c1. The molecule has 0 radical (unpaired) electrons. The summed E-state index contributed by atoms with van der Waals surface area (Å²) in [7, 11) is 1.69. The molecule has 0 amide bonds. The minimum atomic E-state index is -0.893. The number of ether oxygens (including phenoxy) is 1. The molecule has 4 aliphatic rings. The van der Waals surface area contributed by atoms with Crippen LogP contribution in [0.2, 0.25) is 0 Å². The molecule has 1 aromatic rings. The molecule has 164 valence electrons. The van der Waals surface area contributed by atoms with E-state index in [1.807, 2.05) is 6.07 Å². The number of hydrogen-bond donors (Lipinski definition) is 1. The zero-order valence-electron chi connectivity index (χ0n) is 18.9. The van der Waals surface area contributed by atoms with Gasteiger partial charge in [0.15, 0.2) is 0 Å². The van der Waals surface area contributed by atoms with Gasteiger partial charge in [0, 0.05) is 29.8 Å². The first-order chi connectivity index (χ1) is 14.3. The highest BCUT2D eigenvalue weighted by molar-refractivity contribution is 5.88. The predicted molar refractivity (Wildman–Crippen MR) is 118 cm³/mol. The van der Waals surface area contributed by atoms with Crippen molar-refractivity contribution in [1.29, 1.82) is 0 Å².